The molecule has 1 heterocycles. The standard InChI is InChI=1S/C23H28N2/c1-6-7-8-10-13-21(2,3)19-15-20(25-17-24-19)22(4,5)23-14-11-9-12-18(23)16-23/h6-15,17-18H,1,16H2,2-5H3/b8-7-,13-10-. The third-order valence-electron chi connectivity index (χ3n) is 5.91. The highest BCUT2D eigenvalue weighted by Crippen LogP contribution is 2.66. The average Bonchev–Trinajstić information content (AvgIpc) is 3.35. The molecule has 2 unspecified atom stereocenters. The molecule has 3 rings (SSSR count). The zero-order valence-electron chi connectivity index (χ0n) is 15.7. The van der Waals surface area contributed by atoms with Crippen LogP contribution in [0.5, 0.6) is 0 Å². The first-order valence-corrected chi connectivity index (χ1v) is 8.99. The molecule has 130 valence electrons. The van der Waals surface area contributed by atoms with Gasteiger partial charge in [-0.15, -0.1) is 0 Å². The van der Waals surface area contributed by atoms with Crippen molar-refractivity contribution in [3.63, 3.8) is 0 Å². The maximum atomic E-state index is 4.66. The molecule has 0 aliphatic heterocycles. The largest absolute Gasteiger partial charge is 0.241 e. The van der Waals surface area contributed by atoms with Crippen LogP contribution >= 0.6 is 0 Å². The smallest absolute Gasteiger partial charge is 0.115 e. The second kappa shape index (κ2) is 6.25. The SMILES string of the molecule is C=C/C=C\C=C/C(C)(C)c1cc(C(C)(C)C23C=CC=CC2C3)ncn1. The number of aromatic nitrogens is 2. The lowest BCUT2D eigenvalue weighted by Gasteiger charge is -2.35. The Morgan fingerprint density at radius 3 is 2.56 bits per heavy atom. The molecule has 0 saturated heterocycles. The van der Waals surface area contributed by atoms with Crippen LogP contribution in [0.2, 0.25) is 0 Å². The maximum Gasteiger partial charge on any atom is 0.115 e. The highest BCUT2D eigenvalue weighted by molar-refractivity contribution is 5.39. The molecular formula is C23H28N2. The molecule has 1 aromatic heterocycles. The van der Waals surface area contributed by atoms with E-state index in [1.165, 1.54) is 6.42 Å². The number of hydrogen-bond acceptors (Lipinski definition) is 2. The number of nitrogens with zero attached hydrogens (tertiary/aromatic N) is 2. The van der Waals surface area contributed by atoms with E-state index < -0.39 is 0 Å². The fraction of sp³-hybridized carbons (Fsp3) is 0.391. The zero-order chi connectivity index (χ0) is 18.1. The van der Waals surface area contributed by atoms with Crippen LogP contribution in [0.25, 0.3) is 0 Å². The van der Waals surface area contributed by atoms with Crippen molar-refractivity contribution in [2.45, 2.75) is 44.9 Å². The molecule has 2 aliphatic rings. The van der Waals surface area contributed by atoms with Crippen LogP contribution < -0.4 is 0 Å². The van der Waals surface area contributed by atoms with E-state index in [9.17, 15) is 0 Å². The molecule has 1 fully saturated rings. The van der Waals surface area contributed by atoms with Crippen molar-refractivity contribution in [1.29, 1.82) is 0 Å². The van der Waals surface area contributed by atoms with Gasteiger partial charge in [-0.25, -0.2) is 9.97 Å². The van der Waals surface area contributed by atoms with Crippen molar-refractivity contribution in [2.24, 2.45) is 11.3 Å². The van der Waals surface area contributed by atoms with Gasteiger partial charge in [0.25, 0.3) is 0 Å². The predicted octanol–water partition coefficient (Wildman–Crippen LogP) is 5.46. The third-order valence-corrected chi connectivity index (χ3v) is 5.91. The highest BCUT2D eigenvalue weighted by atomic mass is 14.9. The van der Waals surface area contributed by atoms with Gasteiger partial charge in [-0.1, -0.05) is 89.0 Å². The van der Waals surface area contributed by atoms with Crippen molar-refractivity contribution in [3.8, 4) is 0 Å². The second-order valence-corrected chi connectivity index (χ2v) is 8.21. The Morgan fingerprint density at radius 2 is 1.84 bits per heavy atom. The monoisotopic (exact) mass is 332 g/mol. The fourth-order valence-corrected chi connectivity index (χ4v) is 3.90. The average molecular weight is 332 g/mol. The summed E-state index contributed by atoms with van der Waals surface area (Å²) in [5, 5.41) is 0. The lowest BCUT2D eigenvalue weighted by atomic mass is 9.70. The summed E-state index contributed by atoms with van der Waals surface area (Å²) >= 11 is 0. The first-order valence-electron chi connectivity index (χ1n) is 8.99. The van der Waals surface area contributed by atoms with E-state index in [1.807, 2.05) is 12.2 Å². The molecule has 1 saturated carbocycles. The molecule has 0 aromatic carbocycles. The minimum absolute atomic E-state index is 0.0147. The summed E-state index contributed by atoms with van der Waals surface area (Å²) in [5.74, 6) is 0.642. The van der Waals surface area contributed by atoms with Gasteiger partial charge in [0.05, 0.1) is 11.4 Å². The molecule has 0 bridgehead atoms. The summed E-state index contributed by atoms with van der Waals surface area (Å²) in [7, 11) is 0. The molecular weight excluding hydrogens is 304 g/mol. The van der Waals surface area contributed by atoms with Gasteiger partial charge in [0.15, 0.2) is 0 Å². The van der Waals surface area contributed by atoms with Crippen LogP contribution in [0.3, 0.4) is 0 Å². The van der Waals surface area contributed by atoms with E-state index in [1.54, 1.807) is 12.4 Å². The minimum Gasteiger partial charge on any atom is -0.241 e. The molecule has 2 aliphatic carbocycles. The van der Waals surface area contributed by atoms with Gasteiger partial charge in [-0.3, -0.25) is 0 Å². The van der Waals surface area contributed by atoms with Crippen molar-refractivity contribution in [1.82, 2.24) is 9.97 Å². The molecule has 2 heteroatoms. The van der Waals surface area contributed by atoms with E-state index in [-0.39, 0.29) is 16.2 Å². The van der Waals surface area contributed by atoms with Gasteiger partial charge in [-0.2, -0.15) is 0 Å². The molecule has 2 atom stereocenters. The van der Waals surface area contributed by atoms with Gasteiger partial charge < -0.3 is 0 Å². The van der Waals surface area contributed by atoms with E-state index in [0.29, 0.717) is 5.92 Å². The van der Waals surface area contributed by atoms with Gasteiger partial charge >= 0.3 is 0 Å². The summed E-state index contributed by atoms with van der Waals surface area (Å²) in [6, 6.07) is 2.19. The Bertz CT molecular complexity index is 777. The predicted molar refractivity (Wildman–Crippen MR) is 105 cm³/mol. The molecule has 1 aromatic rings. The third kappa shape index (κ3) is 3.06. The minimum atomic E-state index is -0.151. The van der Waals surface area contributed by atoms with Crippen LogP contribution in [0, 0.1) is 11.3 Å². The zero-order valence-corrected chi connectivity index (χ0v) is 15.7. The Labute approximate surface area is 151 Å². The fourth-order valence-electron chi connectivity index (χ4n) is 3.90. The maximum absolute atomic E-state index is 4.66. The van der Waals surface area contributed by atoms with E-state index in [4.69, 9.17) is 0 Å². The van der Waals surface area contributed by atoms with Crippen molar-refractivity contribution < 1.29 is 0 Å². The van der Waals surface area contributed by atoms with Crippen LogP contribution in [0.15, 0.2) is 73.7 Å². The Hall–Kier alpha value is -2.22. The second-order valence-electron chi connectivity index (χ2n) is 8.21. The highest BCUT2D eigenvalue weighted by Gasteiger charge is 2.61. The first-order chi connectivity index (χ1) is 11.8. The molecule has 2 nitrogen and oxygen atoms in total. The number of allylic oxidation sites excluding steroid dienone is 9. The van der Waals surface area contributed by atoms with Crippen LogP contribution in [-0.4, -0.2) is 9.97 Å². The van der Waals surface area contributed by atoms with Gasteiger partial charge in [0.2, 0.25) is 0 Å². The van der Waals surface area contributed by atoms with Gasteiger partial charge in [0.1, 0.15) is 6.33 Å². The number of hydrogen-bond donors (Lipinski definition) is 0. The molecule has 0 amide bonds. The molecule has 0 N–H and O–H groups in total. The number of rotatable bonds is 6. The van der Waals surface area contributed by atoms with Gasteiger partial charge in [0, 0.05) is 16.2 Å². The topological polar surface area (TPSA) is 25.8 Å². The van der Waals surface area contributed by atoms with Crippen LogP contribution in [0.1, 0.15) is 45.5 Å². The lowest BCUT2D eigenvalue weighted by molar-refractivity contribution is 0.332. The van der Waals surface area contributed by atoms with E-state index >= 15 is 0 Å². The van der Waals surface area contributed by atoms with Gasteiger partial charge in [-0.05, 0) is 18.4 Å². The quantitative estimate of drug-likeness (QED) is 0.646. The summed E-state index contributed by atoms with van der Waals surface area (Å²) in [4.78, 5) is 9.23. The summed E-state index contributed by atoms with van der Waals surface area (Å²) in [6.45, 7) is 12.7. The first kappa shape index (κ1) is 17.6. The Morgan fingerprint density at radius 1 is 1.08 bits per heavy atom. The van der Waals surface area contributed by atoms with Crippen molar-refractivity contribution in [3.05, 3.63) is 85.0 Å². The normalized spacial score (nSPS) is 25.5. The lowest BCUT2D eigenvalue weighted by Crippen LogP contribution is -2.33. The molecule has 0 radical (unpaired) electrons. The molecule has 0 spiro atoms. The van der Waals surface area contributed by atoms with Crippen LogP contribution in [-0.2, 0) is 10.8 Å². The summed E-state index contributed by atoms with van der Waals surface area (Å²) in [6.07, 6.45) is 21.9. The van der Waals surface area contributed by atoms with Crippen molar-refractivity contribution >= 4 is 0 Å². The van der Waals surface area contributed by atoms with Crippen LogP contribution in [0.4, 0.5) is 0 Å². The number of fused-ring (bicyclic) bond motifs is 1. The van der Waals surface area contributed by atoms with E-state index in [0.717, 1.165) is 11.4 Å². The Kier molecular flexibility index (Phi) is 4.40. The summed E-state index contributed by atoms with van der Waals surface area (Å²) < 4.78 is 0. The summed E-state index contributed by atoms with van der Waals surface area (Å²) in [5.41, 5.74) is 2.22. The van der Waals surface area contributed by atoms with Crippen molar-refractivity contribution in [2.75, 3.05) is 0 Å². The molecule has 25 heavy (non-hydrogen) atoms. The van der Waals surface area contributed by atoms with E-state index in [2.05, 4.69) is 86.8 Å². The Balaban J connectivity index is 1.90.